The SMILES string of the molecule is COC1(O)C=CC(CCN)=CC1(O)O. The number of hydrogen-bond acceptors (Lipinski definition) is 5. The Morgan fingerprint density at radius 3 is 2.50 bits per heavy atom. The number of rotatable bonds is 3. The lowest BCUT2D eigenvalue weighted by Crippen LogP contribution is -2.54. The van der Waals surface area contributed by atoms with E-state index in [1.807, 2.05) is 0 Å². The monoisotopic (exact) mass is 201 g/mol. The van der Waals surface area contributed by atoms with Crippen LogP contribution in [0.4, 0.5) is 0 Å². The molecule has 1 rings (SSSR count). The Hall–Kier alpha value is -0.720. The van der Waals surface area contributed by atoms with Crippen LogP contribution >= 0.6 is 0 Å². The fourth-order valence-electron chi connectivity index (χ4n) is 1.29. The summed E-state index contributed by atoms with van der Waals surface area (Å²) in [5.74, 6) is -4.51. The summed E-state index contributed by atoms with van der Waals surface area (Å²) < 4.78 is 4.61. The zero-order valence-electron chi connectivity index (χ0n) is 7.97. The van der Waals surface area contributed by atoms with Gasteiger partial charge in [0.1, 0.15) is 0 Å². The number of allylic oxidation sites excluding steroid dienone is 1. The molecule has 80 valence electrons. The van der Waals surface area contributed by atoms with Gasteiger partial charge >= 0.3 is 0 Å². The summed E-state index contributed by atoms with van der Waals surface area (Å²) in [6.45, 7) is 0.400. The first-order chi connectivity index (χ1) is 6.45. The molecule has 0 aromatic carbocycles. The average Bonchev–Trinajstić information content (AvgIpc) is 2.11. The predicted molar refractivity (Wildman–Crippen MR) is 50.0 cm³/mol. The molecule has 1 aliphatic rings. The van der Waals surface area contributed by atoms with Crippen LogP contribution in [0.15, 0.2) is 23.8 Å². The van der Waals surface area contributed by atoms with Crippen molar-refractivity contribution in [2.75, 3.05) is 13.7 Å². The molecule has 0 amide bonds. The Morgan fingerprint density at radius 1 is 1.43 bits per heavy atom. The second-order valence-electron chi connectivity index (χ2n) is 3.22. The van der Waals surface area contributed by atoms with Gasteiger partial charge in [-0.1, -0.05) is 6.08 Å². The molecule has 1 aliphatic carbocycles. The van der Waals surface area contributed by atoms with E-state index in [-0.39, 0.29) is 0 Å². The van der Waals surface area contributed by atoms with Gasteiger partial charge in [-0.3, -0.25) is 0 Å². The Morgan fingerprint density at radius 2 is 2.07 bits per heavy atom. The maximum atomic E-state index is 9.61. The van der Waals surface area contributed by atoms with E-state index >= 15 is 0 Å². The Labute approximate surface area is 82.1 Å². The van der Waals surface area contributed by atoms with Crippen molar-refractivity contribution in [3.05, 3.63) is 23.8 Å². The molecule has 1 atom stereocenters. The van der Waals surface area contributed by atoms with Gasteiger partial charge in [-0.05, 0) is 30.7 Å². The van der Waals surface area contributed by atoms with E-state index < -0.39 is 11.6 Å². The second-order valence-corrected chi connectivity index (χ2v) is 3.22. The van der Waals surface area contributed by atoms with Gasteiger partial charge in [0.25, 0.3) is 0 Å². The molecule has 0 aliphatic heterocycles. The molecular weight excluding hydrogens is 186 g/mol. The van der Waals surface area contributed by atoms with Crippen LogP contribution < -0.4 is 5.73 Å². The number of hydrogen-bond donors (Lipinski definition) is 4. The first-order valence-corrected chi connectivity index (χ1v) is 4.28. The highest BCUT2D eigenvalue weighted by atomic mass is 16.7. The lowest BCUT2D eigenvalue weighted by molar-refractivity contribution is -0.318. The minimum atomic E-state index is -2.42. The largest absolute Gasteiger partial charge is 0.358 e. The second kappa shape index (κ2) is 3.80. The molecular formula is C9H15NO4. The van der Waals surface area contributed by atoms with Gasteiger partial charge < -0.3 is 25.8 Å². The molecule has 0 aromatic rings. The molecule has 0 heterocycles. The van der Waals surface area contributed by atoms with E-state index in [1.54, 1.807) is 6.08 Å². The van der Waals surface area contributed by atoms with Gasteiger partial charge in [-0.15, -0.1) is 0 Å². The van der Waals surface area contributed by atoms with Crippen molar-refractivity contribution in [1.29, 1.82) is 0 Å². The van der Waals surface area contributed by atoms with Crippen LogP contribution in [0.2, 0.25) is 0 Å². The Bertz CT molecular complexity index is 272. The zero-order chi connectivity index (χ0) is 10.8. The van der Waals surface area contributed by atoms with E-state index in [4.69, 9.17) is 5.73 Å². The summed E-state index contributed by atoms with van der Waals surface area (Å²) in [6, 6.07) is 0. The van der Waals surface area contributed by atoms with Crippen molar-refractivity contribution in [1.82, 2.24) is 0 Å². The predicted octanol–water partition coefficient (Wildman–Crippen LogP) is -1.15. The van der Waals surface area contributed by atoms with Crippen molar-refractivity contribution in [2.24, 2.45) is 5.73 Å². The molecule has 1 unspecified atom stereocenters. The number of aliphatic hydroxyl groups is 3. The summed E-state index contributed by atoms with van der Waals surface area (Å²) in [4.78, 5) is 0. The maximum Gasteiger partial charge on any atom is 0.245 e. The minimum absolute atomic E-state index is 0.400. The van der Waals surface area contributed by atoms with Crippen LogP contribution in [0.3, 0.4) is 0 Å². The van der Waals surface area contributed by atoms with Gasteiger partial charge in [0.2, 0.25) is 11.6 Å². The van der Waals surface area contributed by atoms with Gasteiger partial charge in [0, 0.05) is 7.11 Å². The molecule has 0 spiro atoms. The highest BCUT2D eigenvalue weighted by Gasteiger charge is 2.47. The van der Waals surface area contributed by atoms with Crippen LogP contribution in [-0.4, -0.2) is 40.5 Å². The highest BCUT2D eigenvalue weighted by Crippen LogP contribution is 2.30. The molecule has 14 heavy (non-hydrogen) atoms. The molecule has 5 heteroatoms. The zero-order valence-corrected chi connectivity index (χ0v) is 7.97. The third kappa shape index (κ3) is 1.87. The summed E-state index contributed by atoms with van der Waals surface area (Å²) >= 11 is 0. The summed E-state index contributed by atoms with van der Waals surface area (Å²) in [6.07, 6.45) is 4.39. The van der Waals surface area contributed by atoms with Crippen molar-refractivity contribution in [3.8, 4) is 0 Å². The molecule has 5 N–H and O–H groups in total. The molecule has 0 saturated carbocycles. The number of ether oxygens (including phenoxy) is 1. The summed E-state index contributed by atoms with van der Waals surface area (Å²) in [5, 5.41) is 28.6. The molecule has 0 radical (unpaired) electrons. The van der Waals surface area contributed by atoms with Gasteiger partial charge in [-0.2, -0.15) is 0 Å². The van der Waals surface area contributed by atoms with Crippen molar-refractivity contribution in [3.63, 3.8) is 0 Å². The van der Waals surface area contributed by atoms with E-state index in [0.717, 1.165) is 6.08 Å². The van der Waals surface area contributed by atoms with Crippen LogP contribution in [0.1, 0.15) is 6.42 Å². The van der Waals surface area contributed by atoms with E-state index in [2.05, 4.69) is 4.74 Å². The first-order valence-electron chi connectivity index (χ1n) is 4.28. The first kappa shape index (κ1) is 11.4. The number of nitrogens with two attached hydrogens (primary N) is 1. The van der Waals surface area contributed by atoms with Crippen LogP contribution in [0.5, 0.6) is 0 Å². The third-order valence-corrected chi connectivity index (χ3v) is 2.18. The highest BCUT2D eigenvalue weighted by molar-refractivity contribution is 5.31. The van der Waals surface area contributed by atoms with Crippen molar-refractivity contribution >= 4 is 0 Å². The minimum Gasteiger partial charge on any atom is -0.358 e. The van der Waals surface area contributed by atoms with Crippen LogP contribution in [0.25, 0.3) is 0 Å². The average molecular weight is 201 g/mol. The molecule has 0 bridgehead atoms. The molecule has 0 fully saturated rings. The molecule has 0 aromatic heterocycles. The maximum absolute atomic E-state index is 9.61. The number of methoxy groups -OCH3 is 1. The standard InChI is InChI=1S/C9H15NO4/c1-14-9(13)4-2-7(3-5-10)6-8(9,11)12/h2,4,6,11-13H,3,5,10H2,1H3. The summed E-state index contributed by atoms with van der Waals surface area (Å²) in [5.41, 5.74) is 5.97. The van der Waals surface area contributed by atoms with Gasteiger partial charge in [0.15, 0.2) is 0 Å². The lowest BCUT2D eigenvalue weighted by atomic mass is 9.94. The van der Waals surface area contributed by atoms with Crippen molar-refractivity contribution in [2.45, 2.75) is 18.0 Å². The molecule has 5 nitrogen and oxygen atoms in total. The quantitative estimate of drug-likeness (QED) is 0.432. The van der Waals surface area contributed by atoms with E-state index in [0.29, 0.717) is 18.5 Å². The molecule has 0 saturated heterocycles. The van der Waals surface area contributed by atoms with E-state index in [9.17, 15) is 15.3 Å². The van der Waals surface area contributed by atoms with Gasteiger partial charge in [-0.25, -0.2) is 0 Å². The topological polar surface area (TPSA) is 95.9 Å². The van der Waals surface area contributed by atoms with Gasteiger partial charge in [0.05, 0.1) is 0 Å². The fraction of sp³-hybridized carbons (Fsp3) is 0.556. The Balaban J connectivity index is 2.92. The van der Waals surface area contributed by atoms with Crippen LogP contribution in [0, 0.1) is 0 Å². The lowest BCUT2D eigenvalue weighted by Gasteiger charge is -2.36. The summed E-state index contributed by atoms with van der Waals surface area (Å²) in [7, 11) is 1.19. The fourth-order valence-corrected chi connectivity index (χ4v) is 1.29. The van der Waals surface area contributed by atoms with Crippen molar-refractivity contribution < 1.29 is 20.1 Å². The normalized spacial score (nSPS) is 30.2. The Kier molecular flexibility index (Phi) is 3.08. The van der Waals surface area contributed by atoms with Crippen LogP contribution in [-0.2, 0) is 4.74 Å². The van der Waals surface area contributed by atoms with E-state index in [1.165, 1.54) is 13.2 Å². The third-order valence-electron chi connectivity index (χ3n) is 2.18. The smallest absolute Gasteiger partial charge is 0.245 e.